The normalized spacial score (nSPS) is 16.1. The van der Waals surface area contributed by atoms with Crippen molar-refractivity contribution >= 4 is 31.4 Å². The number of methoxy groups -OCH3 is 1. The zero-order valence-corrected chi connectivity index (χ0v) is 20.7. The van der Waals surface area contributed by atoms with Crippen molar-refractivity contribution in [2.24, 2.45) is 5.10 Å². The second kappa shape index (κ2) is 9.67. The molecule has 8 nitrogen and oxygen atoms in total. The average molecular weight is 518 g/mol. The predicted molar refractivity (Wildman–Crippen MR) is 132 cm³/mol. The highest BCUT2D eigenvalue weighted by Crippen LogP contribution is 2.37. The average Bonchev–Trinajstić information content (AvgIpc) is 3.31. The maximum Gasteiger partial charge on any atom is 0.279 e. The molecule has 1 N–H and O–H groups in total. The Balaban J connectivity index is 1.76. The summed E-state index contributed by atoms with van der Waals surface area (Å²) in [6.07, 6.45) is 0.213. The van der Waals surface area contributed by atoms with E-state index in [4.69, 9.17) is 4.74 Å². The minimum atomic E-state index is -4.07. The van der Waals surface area contributed by atoms with Gasteiger partial charge in [-0.25, -0.2) is 12.8 Å². The smallest absolute Gasteiger partial charge is 0.279 e. The number of hydrazone groups is 1. The molecule has 0 unspecified atom stereocenters. The van der Waals surface area contributed by atoms with Gasteiger partial charge in [0.25, 0.3) is 10.0 Å². The van der Waals surface area contributed by atoms with E-state index in [0.717, 1.165) is 4.41 Å². The standard InChI is InChI=1S/C24H24FN3O5S2/c1-3-34(29,30)27-20-6-4-5-18(15-20)23-16-24(17-7-9-19(25)10-8-17)28(26-23)35(31,32)22-13-11-21(33-2)12-14-22/h4-15,24,27H,3,16H2,1-2H3/t24-/m0/s1. The summed E-state index contributed by atoms with van der Waals surface area (Å²) in [6.45, 7) is 1.53. The van der Waals surface area contributed by atoms with Gasteiger partial charge in [-0.2, -0.15) is 17.9 Å². The highest BCUT2D eigenvalue weighted by molar-refractivity contribution is 7.92. The topological polar surface area (TPSA) is 105 Å². The summed E-state index contributed by atoms with van der Waals surface area (Å²) in [5.41, 5.74) is 1.95. The Morgan fingerprint density at radius 1 is 1.03 bits per heavy atom. The van der Waals surface area contributed by atoms with Crippen LogP contribution in [0.2, 0.25) is 0 Å². The van der Waals surface area contributed by atoms with Crippen LogP contribution in [0.25, 0.3) is 0 Å². The maximum atomic E-state index is 13.6. The van der Waals surface area contributed by atoms with Crippen LogP contribution in [0.15, 0.2) is 82.8 Å². The monoisotopic (exact) mass is 517 g/mol. The number of hydrogen-bond donors (Lipinski definition) is 1. The predicted octanol–water partition coefficient (Wildman–Crippen LogP) is 4.14. The largest absolute Gasteiger partial charge is 0.497 e. The molecular weight excluding hydrogens is 493 g/mol. The Morgan fingerprint density at radius 3 is 2.34 bits per heavy atom. The molecule has 1 aliphatic rings. The van der Waals surface area contributed by atoms with Gasteiger partial charge in [0.05, 0.1) is 29.5 Å². The summed E-state index contributed by atoms with van der Waals surface area (Å²) in [5, 5.41) is 4.45. The summed E-state index contributed by atoms with van der Waals surface area (Å²) >= 11 is 0. The van der Waals surface area contributed by atoms with Gasteiger partial charge in [0, 0.05) is 12.1 Å². The van der Waals surface area contributed by atoms with E-state index in [1.165, 1.54) is 50.4 Å². The van der Waals surface area contributed by atoms with Crippen molar-refractivity contribution in [2.45, 2.75) is 24.3 Å². The molecule has 11 heteroatoms. The van der Waals surface area contributed by atoms with Crippen molar-refractivity contribution in [1.82, 2.24) is 4.41 Å². The van der Waals surface area contributed by atoms with Crippen molar-refractivity contribution in [3.63, 3.8) is 0 Å². The molecule has 3 aromatic carbocycles. The Kier molecular flexibility index (Phi) is 6.82. The lowest BCUT2D eigenvalue weighted by Crippen LogP contribution is -2.27. The summed E-state index contributed by atoms with van der Waals surface area (Å²) in [6, 6.07) is 17.5. The first kappa shape index (κ1) is 24.7. The number of sulfonamides is 2. The third-order valence-corrected chi connectivity index (χ3v) is 8.58. The summed E-state index contributed by atoms with van der Waals surface area (Å²) in [7, 11) is -6.07. The molecule has 0 fully saturated rings. The first-order valence-corrected chi connectivity index (χ1v) is 13.8. The second-order valence-electron chi connectivity index (χ2n) is 7.86. The van der Waals surface area contributed by atoms with E-state index in [2.05, 4.69) is 9.82 Å². The molecule has 1 heterocycles. The van der Waals surface area contributed by atoms with Crippen molar-refractivity contribution in [1.29, 1.82) is 0 Å². The van der Waals surface area contributed by atoms with E-state index in [9.17, 15) is 21.2 Å². The number of ether oxygens (including phenoxy) is 1. The molecule has 0 radical (unpaired) electrons. The van der Waals surface area contributed by atoms with E-state index in [1.807, 2.05) is 0 Å². The van der Waals surface area contributed by atoms with Crippen molar-refractivity contribution < 1.29 is 26.0 Å². The van der Waals surface area contributed by atoms with Gasteiger partial charge in [-0.3, -0.25) is 4.72 Å². The first-order chi connectivity index (χ1) is 16.6. The molecule has 4 rings (SSSR count). The number of benzene rings is 3. The minimum Gasteiger partial charge on any atom is -0.497 e. The molecule has 0 aliphatic carbocycles. The second-order valence-corrected chi connectivity index (χ2v) is 11.7. The van der Waals surface area contributed by atoms with Gasteiger partial charge in [0.15, 0.2) is 0 Å². The maximum absolute atomic E-state index is 13.6. The van der Waals surface area contributed by atoms with Crippen LogP contribution >= 0.6 is 0 Å². The van der Waals surface area contributed by atoms with E-state index < -0.39 is 31.9 Å². The van der Waals surface area contributed by atoms with Gasteiger partial charge in [-0.15, -0.1) is 0 Å². The quantitative estimate of drug-likeness (QED) is 0.484. The van der Waals surface area contributed by atoms with Crippen LogP contribution in [0.5, 0.6) is 5.75 Å². The van der Waals surface area contributed by atoms with Crippen LogP contribution < -0.4 is 9.46 Å². The number of anilines is 1. The van der Waals surface area contributed by atoms with Crippen LogP contribution in [0.3, 0.4) is 0 Å². The Hall–Kier alpha value is -3.44. The molecule has 184 valence electrons. The summed E-state index contributed by atoms with van der Waals surface area (Å²) in [4.78, 5) is 0.0277. The summed E-state index contributed by atoms with van der Waals surface area (Å²) in [5.74, 6) is -0.0112. The van der Waals surface area contributed by atoms with Gasteiger partial charge in [-0.05, 0) is 66.6 Å². The lowest BCUT2D eigenvalue weighted by atomic mass is 9.99. The molecule has 0 saturated heterocycles. The number of halogens is 1. The van der Waals surface area contributed by atoms with Gasteiger partial charge >= 0.3 is 0 Å². The number of hydrogen-bond acceptors (Lipinski definition) is 6. The third-order valence-electron chi connectivity index (χ3n) is 5.58. The fourth-order valence-electron chi connectivity index (χ4n) is 3.69. The Morgan fingerprint density at radius 2 is 1.71 bits per heavy atom. The fourth-order valence-corrected chi connectivity index (χ4v) is 5.75. The van der Waals surface area contributed by atoms with Gasteiger partial charge in [0.1, 0.15) is 11.6 Å². The van der Waals surface area contributed by atoms with Crippen molar-refractivity contribution in [2.75, 3.05) is 17.6 Å². The number of nitrogens with one attached hydrogen (secondary N) is 1. The molecule has 0 amide bonds. The molecule has 1 aliphatic heterocycles. The SMILES string of the molecule is CCS(=O)(=O)Nc1cccc(C2=NN(S(=O)(=O)c3ccc(OC)cc3)[C@H](c3ccc(F)cc3)C2)c1. The zero-order chi connectivity index (χ0) is 25.2. The van der Waals surface area contributed by atoms with Crippen LogP contribution in [-0.2, 0) is 20.0 Å². The highest BCUT2D eigenvalue weighted by atomic mass is 32.2. The highest BCUT2D eigenvalue weighted by Gasteiger charge is 2.37. The van der Waals surface area contributed by atoms with Crippen LogP contribution in [-0.4, -0.2) is 39.8 Å². The van der Waals surface area contributed by atoms with Gasteiger partial charge in [-0.1, -0.05) is 24.3 Å². The third kappa shape index (κ3) is 5.30. The van der Waals surface area contributed by atoms with E-state index in [1.54, 1.807) is 36.4 Å². The lowest BCUT2D eigenvalue weighted by Gasteiger charge is -2.23. The molecule has 1 atom stereocenters. The molecule has 0 bridgehead atoms. The first-order valence-electron chi connectivity index (χ1n) is 10.8. The van der Waals surface area contributed by atoms with E-state index >= 15 is 0 Å². The molecule has 35 heavy (non-hydrogen) atoms. The van der Waals surface area contributed by atoms with E-state index in [-0.39, 0.29) is 17.1 Å². The van der Waals surface area contributed by atoms with Crippen LogP contribution in [0, 0.1) is 5.82 Å². The number of nitrogens with zero attached hydrogens (tertiary/aromatic N) is 2. The number of rotatable bonds is 8. The van der Waals surface area contributed by atoms with Crippen molar-refractivity contribution in [3.05, 3.63) is 89.7 Å². The Labute approximate surface area is 204 Å². The Bertz CT molecular complexity index is 1460. The zero-order valence-electron chi connectivity index (χ0n) is 19.0. The van der Waals surface area contributed by atoms with Crippen LogP contribution in [0.1, 0.15) is 30.5 Å². The van der Waals surface area contributed by atoms with Crippen molar-refractivity contribution in [3.8, 4) is 5.75 Å². The molecular formula is C24H24FN3O5S2. The molecule has 3 aromatic rings. The van der Waals surface area contributed by atoms with Gasteiger partial charge in [0.2, 0.25) is 10.0 Å². The van der Waals surface area contributed by atoms with Crippen LogP contribution in [0.4, 0.5) is 10.1 Å². The molecule has 0 saturated carbocycles. The lowest BCUT2D eigenvalue weighted by molar-refractivity contribution is 0.371. The minimum absolute atomic E-state index is 0.0277. The van der Waals surface area contributed by atoms with E-state index in [0.29, 0.717) is 28.3 Å². The fraction of sp³-hybridized carbons (Fsp3) is 0.208. The van der Waals surface area contributed by atoms with Gasteiger partial charge < -0.3 is 4.74 Å². The molecule has 0 spiro atoms. The molecule has 0 aromatic heterocycles. The summed E-state index contributed by atoms with van der Waals surface area (Å²) < 4.78 is 73.3.